The molecule has 3 rings (SSSR count). The fourth-order valence-corrected chi connectivity index (χ4v) is 2.96. The maximum absolute atomic E-state index is 13.0. The van der Waals surface area contributed by atoms with Gasteiger partial charge in [0.25, 0.3) is 5.91 Å². The molecular formula is C22H21N5O4. The molecule has 31 heavy (non-hydrogen) atoms. The van der Waals surface area contributed by atoms with Crippen molar-refractivity contribution in [1.82, 2.24) is 9.97 Å². The van der Waals surface area contributed by atoms with Crippen molar-refractivity contribution in [3.63, 3.8) is 0 Å². The zero-order chi connectivity index (χ0) is 22.1. The molecular weight excluding hydrogens is 398 g/mol. The molecule has 2 heterocycles. The Labute approximate surface area is 179 Å². The van der Waals surface area contributed by atoms with E-state index < -0.39 is 18.0 Å². The minimum absolute atomic E-state index is 0.248. The molecule has 1 atom stereocenters. The van der Waals surface area contributed by atoms with Crippen LogP contribution in [0.2, 0.25) is 0 Å². The number of hydrogen-bond donors (Lipinski definition) is 1. The first-order valence-electron chi connectivity index (χ1n) is 9.55. The van der Waals surface area contributed by atoms with Crippen molar-refractivity contribution in [2.45, 2.75) is 26.0 Å². The smallest absolute Gasteiger partial charge is 0.303 e. The van der Waals surface area contributed by atoms with Crippen LogP contribution < -0.4 is 10.2 Å². The van der Waals surface area contributed by atoms with Crippen LogP contribution in [0, 0.1) is 11.3 Å². The van der Waals surface area contributed by atoms with Crippen LogP contribution in [0.25, 0.3) is 0 Å². The van der Waals surface area contributed by atoms with E-state index in [-0.39, 0.29) is 6.42 Å². The number of nitrogens with one attached hydrogen (secondary N) is 1. The van der Waals surface area contributed by atoms with Crippen LogP contribution in [0.3, 0.4) is 0 Å². The summed E-state index contributed by atoms with van der Waals surface area (Å²) < 4.78 is 10.7. The monoisotopic (exact) mass is 419 g/mol. The molecule has 9 heteroatoms. The standard InChI is InChI=1S/C22H21N5O4/c1-16(28)31-20(17-7-3-2-4-8-17)22(29)26-19-13-24-15-25-21(19)27(11-6-10-23)14-18-9-5-12-30-18/h2-5,7-9,12-13,15,20H,6,11,14H2,1H3,(H,26,29). The van der Waals surface area contributed by atoms with E-state index in [9.17, 15) is 9.59 Å². The van der Waals surface area contributed by atoms with E-state index in [4.69, 9.17) is 14.4 Å². The van der Waals surface area contributed by atoms with Gasteiger partial charge in [-0.2, -0.15) is 5.26 Å². The zero-order valence-corrected chi connectivity index (χ0v) is 16.9. The molecule has 0 saturated carbocycles. The number of rotatable bonds is 9. The summed E-state index contributed by atoms with van der Waals surface area (Å²) in [4.78, 5) is 34.7. The number of ether oxygens (including phenoxy) is 1. The number of esters is 1. The van der Waals surface area contributed by atoms with Gasteiger partial charge >= 0.3 is 5.97 Å². The van der Waals surface area contributed by atoms with Gasteiger partial charge < -0.3 is 19.4 Å². The van der Waals surface area contributed by atoms with Gasteiger partial charge in [0.05, 0.1) is 31.5 Å². The van der Waals surface area contributed by atoms with E-state index in [1.165, 1.54) is 19.4 Å². The molecule has 1 aromatic carbocycles. The third kappa shape index (κ3) is 5.90. The lowest BCUT2D eigenvalue weighted by atomic mass is 10.1. The average molecular weight is 419 g/mol. The molecule has 1 N–H and O–H groups in total. The number of benzene rings is 1. The molecule has 2 aromatic heterocycles. The van der Waals surface area contributed by atoms with E-state index in [1.54, 1.807) is 42.7 Å². The molecule has 1 amide bonds. The molecule has 0 fully saturated rings. The lowest BCUT2D eigenvalue weighted by Crippen LogP contribution is -2.29. The first kappa shape index (κ1) is 21.5. The van der Waals surface area contributed by atoms with Gasteiger partial charge in [-0.15, -0.1) is 0 Å². The van der Waals surface area contributed by atoms with Crippen molar-refractivity contribution in [2.24, 2.45) is 0 Å². The molecule has 3 aromatic rings. The van der Waals surface area contributed by atoms with Gasteiger partial charge in [-0.25, -0.2) is 9.97 Å². The van der Waals surface area contributed by atoms with Crippen molar-refractivity contribution in [3.05, 3.63) is 72.6 Å². The Bertz CT molecular complexity index is 1050. The van der Waals surface area contributed by atoms with Crippen molar-refractivity contribution in [1.29, 1.82) is 5.26 Å². The van der Waals surface area contributed by atoms with Crippen molar-refractivity contribution >= 4 is 23.4 Å². The molecule has 0 saturated heterocycles. The Kier molecular flexibility index (Phi) is 7.32. The van der Waals surface area contributed by atoms with Crippen LogP contribution in [0.15, 0.2) is 65.7 Å². The summed E-state index contributed by atoms with van der Waals surface area (Å²) in [5, 5.41) is 11.8. The van der Waals surface area contributed by atoms with Gasteiger partial charge in [0.15, 0.2) is 5.82 Å². The minimum atomic E-state index is -1.13. The van der Waals surface area contributed by atoms with Gasteiger partial charge in [-0.05, 0) is 12.1 Å². The van der Waals surface area contributed by atoms with Crippen LogP contribution >= 0.6 is 0 Å². The first-order valence-corrected chi connectivity index (χ1v) is 9.55. The van der Waals surface area contributed by atoms with E-state index in [0.29, 0.717) is 35.9 Å². The number of carbonyl (C=O) groups is 2. The number of furan rings is 1. The topological polar surface area (TPSA) is 121 Å². The van der Waals surface area contributed by atoms with Crippen LogP contribution in [0.5, 0.6) is 0 Å². The second-order valence-corrected chi connectivity index (χ2v) is 6.56. The molecule has 158 valence electrons. The second-order valence-electron chi connectivity index (χ2n) is 6.56. The third-order valence-electron chi connectivity index (χ3n) is 4.29. The first-order chi connectivity index (χ1) is 15.1. The number of hydrogen-bond acceptors (Lipinski definition) is 8. The summed E-state index contributed by atoms with van der Waals surface area (Å²) in [6, 6.07) is 14.4. The van der Waals surface area contributed by atoms with Crippen molar-refractivity contribution in [3.8, 4) is 6.07 Å². The number of nitriles is 1. The Morgan fingerprint density at radius 3 is 2.74 bits per heavy atom. The van der Waals surface area contributed by atoms with Gasteiger partial charge in [0.2, 0.25) is 6.10 Å². The normalized spacial score (nSPS) is 11.2. The van der Waals surface area contributed by atoms with E-state index in [0.717, 1.165) is 0 Å². The summed E-state index contributed by atoms with van der Waals surface area (Å²) in [6.07, 6.45) is 3.48. The van der Waals surface area contributed by atoms with E-state index in [2.05, 4.69) is 21.4 Å². The van der Waals surface area contributed by atoms with Crippen LogP contribution in [0.4, 0.5) is 11.5 Å². The average Bonchev–Trinajstić information content (AvgIpc) is 3.29. The van der Waals surface area contributed by atoms with E-state index >= 15 is 0 Å². The van der Waals surface area contributed by atoms with Crippen molar-refractivity contribution < 1.29 is 18.7 Å². The molecule has 0 aliphatic rings. The summed E-state index contributed by atoms with van der Waals surface area (Å²) in [6.45, 7) is 1.96. The maximum atomic E-state index is 13.0. The molecule has 0 aliphatic heterocycles. The number of nitrogens with zero attached hydrogens (tertiary/aromatic N) is 4. The van der Waals surface area contributed by atoms with Crippen molar-refractivity contribution in [2.75, 3.05) is 16.8 Å². The highest BCUT2D eigenvalue weighted by atomic mass is 16.5. The quantitative estimate of drug-likeness (QED) is 0.525. The summed E-state index contributed by atoms with van der Waals surface area (Å²) >= 11 is 0. The van der Waals surface area contributed by atoms with Gasteiger partial charge in [-0.1, -0.05) is 30.3 Å². The number of anilines is 2. The molecule has 0 bridgehead atoms. The molecule has 1 unspecified atom stereocenters. The molecule has 0 spiro atoms. The largest absolute Gasteiger partial charge is 0.467 e. The number of carbonyl (C=O) groups excluding carboxylic acids is 2. The van der Waals surface area contributed by atoms with Gasteiger partial charge in [-0.3, -0.25) is 9.59 Å². The SMILES string of the molecule is CC(=O)OC(C(=O)Nc1cncnc1N(CCC#N)Cc1ccco1)c1ccccc1. The molecule has 0 aliphatic carbocycles. The molecule has 0 radical (unpaired) electrons. The summed E-state index contributed by atoms with van der Waals surface area (Å²) in [5.74, 6) is -0.0294. The lowest BCUT2D eigenvalue weighted by molar-refractivity contribution is -0.152. The highest BCUT2D eigenvalue weighted by molar-refractivity contribution is 5.97. The predicted molar refractivity (Wildman–Crippen MR) is 112 cm³/mol. The Morgan fingerprint density at radius 2 is 2.06 bits per heavy atom. The fourth-order valence-electron chi connectivity index (χ4n) is 2.96. The van der Waals surface area contributed by atoms with Gasteiger partial charge in [0.1, 0.15) is 17.8 Å². The Hall–Kier alpha value is -4.19. The summed E-state index contributed by atoms with van der Waals surface area (Å²) in [5.41, 5.74) is 0.857. The van der Waals surface area contributed by atoms with Gasteiger partial charge in [0, 0.05) is 19.0 Å². The second kappa shape index (κ2) is 10.5. The zero-order valence-electron chi connectivity index (χ0n) is 16.9. The Balaban J connectivity index is 1.87. The van der Waals surface area contributed by atoms with E-state index in [1.807, 2.05) is 11.0 Å². The maximum Gasteiger partial charge on any atom is 0.303 e. The van der Waals surface area contributed by atoms with Crippen LogP contribution in [0.1, 0.15) is 30.8 Å². The lowest BCUT2D eigenvalue weighted by Gasteiger charge is -2.24. The number of aromatic nitrogens is 2. The predicted octanol–water partition coefficient (Wildman–Crippen LogP) is 3.23. The molecule has 9 nitrogen and oxygen atoms in total. The number of amides is 1. The third-order valence-corrected chi connectivity index (χ3v) is 4.29. The minimum Gasteiger partial charge on any atom is -0.467 e. The van der Waals surface area contributed by atoms with Crippen LogP contribution in [-0.2, 0) is 20.9 Å². The van der Waals surface area contributed by atoms with Crippen LogP contribution in [-0.4, -0.2) is 28.4 Å². The highest BCUT2D eigenvalue weighted by Gasteiger charge is 2.26. The fraction of sp³-hybridized carbons (Fsp3) is 0.227. The highest BCUT2D eigenvalue weighted by Crippen LogP contribution is 2.26. The Morgan fingerprint density at radius 1 is 1.26 bits per heavy atom. The summed E-state index contributed by atoms with van der Waals surface area (Å²) in [7, 11) is 0.